The molecule has 10 heteroatoms. The van der Waals surface area contributed by atoms with Gasteiger partial charge in [0.1, 0.15) is 11.8 Å². The van der Waals surface area contributed by atoms with E-state index >= 15 is 0 Å². The maximum atomic E-state index is 13.9. The van der Waals surface area contributed by atoms with Crippen molar-refractivity contribution in [1.82, 2.24) is 14.5 Å². The van der Waals surface area contributed by atoms with E-state index in [9.17, 15) is 18.0 Å². The summed E-state index contributed by atoms with van der Waals surface area (Å²) in [6, 6.07) is 34.3. The summed E-state index contributed by atoms with van der Waals surface area (Å²) in [6.07, 6.45) is 0.988. The second-order valence-corrected chi connectivity index (χ2v) is 13.0. The van der Waals surface area contributed by atoms with Crippen LogP contribution in [0.1, 0.15) is 16.7 Å². The van der Waals surface area contributed by atoms with Gasteiger partial charge in [0, 0.05) is 32.6 Å². The minimum absolute atomic E-state index is 0.147. The van der Waals surface area contributed by atoms with E-state index < -0.39 is 16.1 Å². The molecule has 1 heterocycles. The SMILES string of the molecule is O=C(NCCc1ccccc1)[C@@H](Cc1ccccc1)N(Cc1ccccc1)C(=O)COc1ccc(S(=O)(=O)N2CCOCC2)cc1. The van der Waals surface area contributed by atoms with Crippen molar-refractivity contribution in [3.05, 3.63) is 132 Å². The van der Waals surface area contributed by atoms with Gasteiger partial charge in [0.2, 0.25) is 15.9 Å². The molecule has 46 heavy (non-hydrogen) atoms. The van der Waals surface area contributed by atoms with Crippen LogP contribution in [0.25, 0.3) is 0 Å². The van der Waals surface area contributed by atoms with Gasteiger partial charge in [0.15, 0.2) is 6.61 Å². The van der Waals surface area contributed by atoms with Gasteiger partial charge in [-0.1, -0.05) is 91.0 Å². The van der Waals surface area contributed by atoms with Gasteiger partial charge >= 0.3 is 0 Å². The van der Waals surface area contributed by atoms with E-state index in [0.29, 0.717) is 51.4 Å². The predicted octanol–water partition coefficient (Wildman–Crippen LogP) is 4.09. The third-order valence-electron chi connectivity index (χ3n) is 7.82. The van der Waals surface area contributed by atoms with E-state index in [1.165, 1.54) is 16.4 Å². The van der Waals surface area contributed by atoms with Crippen LogP contribution in [0.15, 0.2) is 120 Å². The molecule has 0 radical (unpaired) electrons. The van der Waals surface area contributed by atoms with Gasteiger partial charge in [0.05, 0.1) is 18.1 Å². The Bertz CT molecular complexity index is 1650. The molecule has 1 aliphatic rings. The molecule has 0 spiro atoms. The molecule has 0 bridgehead atoms. The van der Waals surface area contributed by atoms with E-state index in [1.54, 1.807) is 17.0 Å². The van der Waals surface area contributed by atoms with Crippen LogP contribution in [0.3, 0.4) is 0 Å². The molecule has 0 aromatic heterocycles. The summed E-state index contributed by atoms with van der Waals surface area (Å²) in [5.41, 5.74) is 2.91. The predicted molar refractivity (Wildman–Crippen MR) is 176 cm³/mol. The second kappa shape index (κ2) is 16.2. The average molecular weight is 642 g/mol. The summed E-state index contributed by atoms with van der Waals surface area (Å²) >= 11 is 0. The minimum Gasteiger partial charge on any atom is -0.484 e. The number of nitrogens with zero attached hydrogens (tertiary/aromatic N) is 2. The molecular formula is C36H39N3O6S. The van der Waals surface area contributed by atoms with Crippen LogP contribution < -0.4 is 10.1 Å². The quantitative estimate of drug-likeness (QED) is 0.223. The monoisotopic (exact) mass is 641 g/mol. The number of amides is 2. The Kier molecular flexibility index (Phi) is 11.6. The number of carbonyl (C=O) groups excluding carboxylic acids is 2. The maximum Gasteiger partial charge on any atom is 0.261 e. The molecule has 0 saturated carbocycles. The van der Waals surface area contributed by atoms with Crippen LogP contribution in [0, 0.1) is 0 Å². The zero-order chi connectivity index (χ0) is 32.2. The third kappa shape index (κ3) is 9.03. The normalized spacial score (nSPS) is 14.3. The lowest BCUT2D eigenvalue weighted by atomic mass is 10.0. The van der Waals surface area contributed by atoms with Crippen molar-refractivity contribution < 1.29 is 27.5 Å². The Labute approximate surface area is 270 Å². The first-order valence-electron chi connectivity index (χ1n) is 15.4. The summed E-state index contributed by atoms with van der Waals surface area (Å²) in [6.45, 7) is 1.63. The van der Waals surface area contributed by atoms with Crippen molar-refractivity contribution in [1.29, 1.82) is 0 Å². The van der Waals surface area contributed by atoms with Crippen LogP contribution in [0.4, 0.5) is 0 Å². The van der Waals surface area contributed by atoms with Crippen molar-refractivity contribution in [3.8, 4) is 5.75 Å². The van der Waals surface area contributed by atoms with Gasteiger partial charge < -0.3 is 19.7 Å². The molecule has 4 aromatic carbocycles. The number of rotatable bonds is 14. The Hall–Kier alpha value is -4.51. The Morgan fingerprint density at radius 3 is 1.96 bits per heavy atom. The molecule has 1 saturated heterocycles. The van der Waals surface area contributed by atoms with Crippen molar-refractivity contribution in [2.24, 2.45) is 0 Å². The standard InChI is InChI=1S/C36H39N3O6S/c40-35(28-45-32-16-18-33(19-17-32)46(42,43)38-22-24-44-25-23-38)39(27-31-14-8-3-9-15-31)34(26-30-12-6-2-7-13-30)36(41)37-21-20-29-10-4-1-5-11-29/h1-19,34H,20-28H2,(H,37,41)/t34-/m1/s1. The summed E-state index contributed by atoms with van der Waals surface area (Å²) < 4.78 is 38.5. The van der Waals surface area contributed by atoms with Crippen molar-refractivity contribution in [3.63, 3.8) is 0 Å². The molecule has 1 atom stereocenters. The first-order valence-corrected chi connectivity index (χ1v) is 16.8. The van der Waals surface area contributed by atoms with Crippen molar-refractivity contribution in [2.45, 2.75) is 30.3 Å². The lowest BCUT2D eigenvalue weighted by Gasteiger charge is -2.31. The summed E-state index contributed by atoms with van der Waals surface area (Å²) in [7, 11) is -3.66. The van der Waals surface area contributed by atoms with Crippen LogP contribution in [-0.4, -0.2) is 74.9 Å². The Morgan fingerprint density at radius 1 is 0.783 bits per heavy atom. The van der Waals surface area contributed by atoms with Gasteiger partial charge in [-0.25, -0.2) is 8.42 Å². The molecule has 1 N–H and O–H groups in total. The molecule has 240 valence electrons. The first-order chi connectivity index (χ1) is 22.4. The first kappa shape index (κ1) is 32.9. The topological polar surface area (TPSA) is 105 Å². The largest absolute Gasteiger partial charge is 0.484 e. The Balaban J connectivity index is 1.32. The van der Waals surface area contributed by atoms with Gasteiger partial charge in [-0.3, -0.25) is 9.59 Å². The highest BCUT2D eigenvalue weighted by molar-refractivity contribution is 7.89. The molecule has 9 nitrogen and oxygen atoms in total. The van der Waals surface area contributed by atoms with Gasteiger partial charge in [-0.2, -0.15) is 4.31 Å². The molecule has 4 aromatic rings. The number of hydrogen-bond donors (Lipinski definition) is 1. The molecule has 0 unspecified atom stereocenters. The Morgan fingerprint density at radius 2 is 1.35 bits per heavy atom. The number of carbonyl (C=O) groups is 2. The summed E-state index contributed by atoms with van der Waals surface area (Å²) in [5, 5.41) is 3.05. The van der Waals surface area contributed by atoms with E-state index in [-0.39, 0.29) is 29.9 Å². The van der Waals surface area contributed by atoms with Crippen LogP contribution >= 0.6 is 0 Å². The number of nitrogens with one attached hydrogen (secondary N) is 1. The zero-order valence-corrected chi connectivity index (χ0v) is 26.5. The lowest BCUT2D eigenvalue weighted by molar-refractivity contribution is -0.142. The highest BCUT2D eigenvalue weighted by Crippen LogP contribution is 2.21. The molecule has 1 fully saturated rings. The average Bonchev–Trinajstić information content (AvgIpc) is 3.10. The van der Waals surface area contributed by atoms with E-state index in [4.69, 9.17) is 9.47 Å². The molecule has 1 aliphatic heterocycles. The molecular weight excluding hydrogens is 602 g/mol. The van der Waals surface area contributed by atoms with Gasteiger partial charge in [-0.05, 0) is 47.4 Å². The van der Waals surface area contributed by atoms with E-state index in [2.05, 4.69) is 5.32 Å². The molecule has 0 aliphatic carbocycles. The van der Waals surface area contributed by atoms with Crippen molar-refractivity contribution >= 4 is 21.8 Å². The fraction of sp³-hybridized carbons (Fsp3) is 0.278. The van der Waals surface area contributed by atoms with E-state index in [1.807, 2.05) is 91.0 Å². The van der Waals surface area contributed by atoms with Crippen LogP contribution in [0.2, 0.25) is 0 Å². The van der Waals surface area contributed by atoms with Crippen LogP contribution in [0.5, 0.6) is 5.75 Å². The second-order valence-electron chi connectivity index (χ2n) is 11.0. The highest BCUT2D eigenvalue weighted by Gasteiger charge is 2.31. The lowest BCUT2D eigenvalue weighted by Crippen LogP contribution is -2.52. The zero-order valence-electron chi connectivity index (χ0n) is 25.7. The fourth-order valence-corrected chi connectivity index (χ4v) is 6.71. The van der Waals surface area contributed by atoms with E-state index in [0.717, 1.165) is 16.7 Å². The highest BCUT2D eigenvalue weighted by atomic mass is 32.2. The molecule has 2 amide bonds. The van der Waals surface area contributed by atoms with Gasteiger partial charge in [0.25, 0.3) is 5.91 Å². The number of ether oxygens (including phenoxy) is 2. The maximum absolute atomic E-state index is 13.9. The minimum atomic E-state index is -3.66. The number of benzene rings is 4. The smallest absolute Gasteiger partial charge is 0.261 e. The third-order valence-corrected chi connectivity index (χ3v) is 9.73. The summed E-state index contributed by atoms with van der Waals surface area (Å²) in [5.74, 6) is -0.268. The van der Waals surface area contributed by atoms with Crippen LogP contribution in [-0.2, 0) is 43.7 Å². The summed E-state index contributed by atoms with van der Waals surface area (Å²) in [4.78, 5) is 29.4. The number of sulfonamides is 1. The number of morpholine rings is 1. The number of hydrogen-bond acceptors (Lipinski definition) is 6. The fourth-order valence-electron chi connectivity index (χ4n) is 5.30. The van der Waals surface area contributed by atoms with Gasteiger partial charge in [-0.15, -0.1) is 0 Å². The molecule has 5 rings (SSSR count). The van der Waals surface area contributed by atoms with Crippen molar-refractivity contribution in [2.75, 3.05) is 39.5 Å².